The minimum atomic E-state index is -0.634. The Bertz CT molecular complexity index is 499. The highest BCUT2D eigenvalue weighted by molar-refractivity contribution is 5.58. The number of ether oxygens (including phenoxy) is 4. The molecule has 0 unspecified atom stereocenters. The molecule has 1 aromatic carbocycles. The van der Waals surface area contributed by atoms with Gasteiger partial charge in [0.2, 0.25) is 0 Å². The fourth-order valence-corrected chi connectivity index (χ4v) is 3.01. The molecule has 3 rings (SSSR count). The Morgan fingerprint density at radius 1 is 1.14 bits per heavy atom. The van der Waals surface area contributed by atoms with Gasteiger partial charge < -0.3 is 23.7 Å². The molecule has 5 nitrogen and oxygen atoms in total. The first kappa shape index (κ1) is 15.6. The number of hydrogen-bond acceptors (Lipinski definition) is 5. The number of aldehydes is 1. The van der Waals surface area contributed by atoms with Gasteiger partial charge in [-0.3, -0.25) is 0 Å². The summed E-state index contributed by atoms with van der Waals surface area (Å²) < 4.78 is 23.5. The second kappa shape index (κ2) is 6.46. The summed E-state index contributed by atoms with van der Waals surface area (Å²) in [7, 11) is 0. The molecule has 5 heteroatoms. The summed E-state index contributed by atoms with van der Waals surface area (Å²) in [6, 6.07) is 9.84. The molecule has 0 spiro atoms. The van der Waals surface area contributed by atoms with Crippen molar-refractivity contribution >= 4 is 6.29 Å². The molecule has 0 radical (unpaired) electrons. The molecule has 0 saturated carbocycles. The Hall–Kier alpha value is -1.27. The summed E-state index contributed by atoms with van der Waals surface area (Å²) in [6.45, 7) is 4.44. The summed E-state index contributed by atoms with van der Waals surface area (Å²) in [5.74, 6) is -0.630. The summed E-state index contributed by atoms with van der Waals surface area (Å²) in [4.78, 5) is 11.2. The summed E-state index contributed by atoms with van der Waals surface area (Å²) in [6.07, 6.45) is 0.262. The number of benzene rings is 1. The minimum absolute atomic E-state index is 0.362. The van der Waals surface area contributed by atoms with Crippen molar-refractivity contribution in [1.82, 2.24) is 0 Å². The summed E-state index contributed by atoms with van der Waals surface area (Å²) in [5, 5.41) is 0. The van der Waals surface area contributed by atoms with Gasteiger partial charge in [-0.2, -0.15) is 0 Å². The van der Waals surface area contributed by atoms with Gasteiger partial charge in [-0.15, -0.1) is 0 Å². The predicted molar refractivity (Wildman–Crippen MR) is 79.0 cm³/mol. The van der Waals surface area contributed by atoms with Crippen LogP contribution in [0.25, 0.3) is 0 Å². The van der Waals surface area contributed by atoms with Crippen LogP contribution in [0, 0.1) is 0 Å². The van der Waals surface area contributed by atoms with Crippen LogP contribution in [0.15, 0.2) is 30.3 Å². The van der Waals surface area contributed by atoms with E-state index in [9.17, 15) is 4.79 Å². The Balaban J connectivity index is 1.69. The third-order valence-electron chi connectivity index (χ3n) is 4.38. The quantitative estimate of drug-likeness (QED) is 0.756. The molecule has 0 amide bonds. The standard InChI is InChI=1S/C17H22O5/c1-3-17(4-2)21-14-13(10-18)20-16(15(14)22-17)19-11-12-8-6-5-7-9-12/h5-10,13-16H,3-4,11H2,1-2H3/t13-,14+,15+,16+/m1/s1. The van der Waals surface area contributed by atoms with Crippen molar-refractivity contribution in [3.63, 3.8) is 0 Å². The van der Waals surface area contributed by atoms with E-state index in [1.807, 2.05) is 44.2 Å². The third kappa shape index (κ3) is 2.82. The van der Waals surface area contributed by atoms with Crippen LogP contribution in [-0.2, 0) is 30.3 Å². The molecule has 2 aliphatic rings. The lowest BCUT2D eigenvalue weighted by atomic mass is 10.1. The second-order valence-electron chi connectivity index (χ2n) is 5.68. The van der Waals surface area contributed by atoms with Crippen molar-refractivity contribution in [2.45, 2.75) is 63.7 Å². The van der Waals surface area contributed by atoms with E-state index in [-0.39, 0.29) is 6.10 Å². The van der Waals surface area contributed by atoms with Gasteiger partial charge in [0, 0.05) is 0 Å². The van der Waals surface area contributed by atoms with E-state index in [0.717, 1.165) is 24.7 Å². The molecule has 120 valence electrons. The molecule has 0 bridgehead atoms. The highest BCUT2D eigenvalue weighted by Gasteiger charge is 2.57. The van der Waals surface area contributed by atoms with Crippen molar-refractivity contribution in [3.05, 3.63) is 35.9 Å². The lowest BCUT2D eigenvalue weighted by Gasteiger charge is -2.28. The highest BCUT2D eigenvalue weighted by Crippen LogP contribution is 2.42. The van der Waals surface area contributed by atoms with Crippen molar-refractivity contribution in [1.29, 1.82) is 0 Å². The van der Waals surface area contributed by atoms with Crippen LogP contribution in [-0.4, -0.2) is 36.7 Å². The molecule has 0 aromatic heterocycles. The number of rotatable bonds is 6. The van der Waals surface area contributed by atoms with Crippen LogP contribution in [0.5, 0.6) is 0 Å². The number of hydrogen-bond donors (Lipinski definition) is 0. The molecule has 22 heavy (non-hydrogen) atoms. The second-order valence-corrected chi connectivity index (χ2v) is 5.68. The Morgan fingerprint density at radius 3 is 2.45 bits per heavy atom. The highest BCUT2D eigenvalue weighted by atomic mass is 16.8. The van der Waals surface area contributed by atoms with E-state index in [1.165, 1.54) is 0 Å². The smallest absolute Gasteiger partial charge is 0.187 e. The van der Waals surface area contributed by atoms with E-state index in [1.54, 1.807) is 0 Å². The maximum absolute atomic E-state index is 11.2. The maximum atomic E-state index is 11.2. The molecule has 0 aliphatic carbocycles. The van der Waals surface area contributed by atoms with Gasteiger partial charge in [0.25, 0.3) is 0 Å². The Morgan fingerprint density at radius 2 is 1.82 bits per heavy atom. The third-order valence-corrected chi connectivity index (χ3v) is 4.38. The fraction of sp³-hybridized carbons (Fsp3) is 0.588. The zero-order valence-electron chi connectivity index (χ0n) is 12.9. The van der Waals surface area contributed by atoms with Crippen LogP contribution in [0.4, 0.5) is 0 Å². The summed E-state index contributed by atoms with van der Waals surface area (Å²) in [5.41, 5.74) is 1.05. The van der Waals surface area contributed by atoms with Crippen LogP contribution >= 0.6 is 0 Å². The van der Waals surface area contributed by atoms with Crippen molar-refractivity contribution in [2.75, 3.05) is 0 Å². The topological polar surface area (TPSA) is 54.0 Å². The van der Waals surface area contributed by atoms with Crippen molar-refractivity contribution in [2.24, 2.45) is 0 Å². The SMILES string of the molecule is CCC1(CC)O[C@@H]2[C@@H](OCc3ccccc3)O[C@H](C=O)[C@@H]2O1. The first-order valence-electron chi connectivity index (χ1n) is 7.83. The number of fused-ring (bicyclic) bond motifs is 1. The van der Waals surface area contributed by atoms with E-state index in [4.69, 9.17) is 18.9 Å². The largest absolute Gasteiger partial charge is 0.345 e. The van der Waals surface area contributed by atoms with Gasteiger partial charge in [0.15, 0.2) is 18.4 Å². The van der Waals surface area contributed by atoms with E-state index < -0.39 is 24.3 Å². The van der Waals surface area contributed by atoms with Gasteiger partial charge in [-0.05, 0) is 18.4 Å². The van der Waals surface area contributed by atoms with Crippen LogP contribution < -0.4 is 0 Å². The fourth-order valence-electron chi connectivity index (χ4n) is 3.01. The zero-order chi connectivity index (χ0) is 15.6. The molecule has 1 aromatic rings. The first-order valence-corrected chi connectivity index (χ1v) is 7.83. The molecular formula is C17H22O5. The Kier molecular flexibility index (Phi) is 4.59. The minimum Gasteiger partial charge on any atom is -0.345 e. The van der Waals surface area contributed by atoms with Gasteiger partial charge in [0.1, 0.15) is 18.3 Å². The maximum Gasteiger partial charge on any atom is 0.187 e. The van der Waals surface area contributed by atoms with Gasteiger partial charge in [0.05, 0.1) is 6.61 Å². The predicted octanol–water partition coefficient (Wildman–Crippen LogP) is 2.43. The van der Waals surface area contributed by atoms with Crippen LogP contribution in [0.3, 0.4) is 0 Å². The van der Waals surface area contributed by atoms with E-state index in [2.05, 4.69) is 0 Å². The average molecular weight is 306 g/mol. The van der Waals surface area contributed by atoms with Gasteiger partial charge in [-0.1, -0.05) is 44.2 Å². The molecule has 2 saturated heterocycles. The average Bonchev–Trinajstić information content (AvgIpc) is 3.10. The van der Waals surface area contributed by atoms with Gasteiger partial charge >= 0.3 is 0 Å². The molecule has 4 atom stereocenters. The molecule has 0 N–H and O–H groups in total. The van der Waals surface area contributed by atoms with Crippen LogP contribution in [0.2, 0.25) is 0 Å². The molecule has 2 heterocycles. The number of carbonyl (C=O) groups is 1. The molecule has 2 fully saturated rings. The van der Waals surface area contributed by atoms with Crippen molar-refractivity contribution in [3.8, 4) is 0 Å². The lowest BCUT2D eigenvalue weighted by Crippen LogP contribution is -2.34. The molecular weight excluding hydrogens is 284 g/mol. The van der Waals surface area contributed by atoms with Crippen LogP contribution in [0.1, 0.15) is 32.3 Å². The zero-order valence-corrected chi connectivity index (χ0v) is 12.9. The van der Waals surface area contributed by atoms with E-state index >= 15 is 0 Å². The first-order chi connectivity index (χ1) is 10.7. The van der Waals surface area contributed by atoms with E-state index in [0.29, 0.717) is 6.61 Å². The number of carbonyl (C=O) groups excluding carboxylic acids is 1. The van der Waals surface area contributed by atoms with Crippen molar-refractivity contribution < 1.29 is 23.7 Å². The van der Waals surface area contributed by atoms with Gasteiger partial charge in [-0.25, -0.2) is 0 Å². The normalized spacial score (nSPS) is 32.8. The monoisotopic (exact) mass is 306 g/mol. The Labute approximate surface area is 130 Å². The lowest BCUT2D eigenvalue weighted by molar-refractivity contribution is -0.247. The molecule has 2 aliphatic heterocycles. The summed E-state index contributed by atoms with van der Waals surface area (Å²) >= 11 is 0.